The Morgan fingerprint density at radius 2 is 1.91 bits per heavy atom. The van der Waals surface area contributed by atoms with Gasteiger partial charge in [0.25, 0.3) is 5.56 Å². The van der Waals surface area contributed by atoms with E-state index in [1.807, 2.05) is 0 Å². The van der Waals surface area contributed by atoms with Gasteiger partial charge >= 0.3 is 6.36 Å². The Hall–Kier alpha value is -4.10. The number of amides is 3. The number of nitrogens with zero attached hydrogens (tertiary/aromatic N) is 2. The first-order valence-corrected chi connectivity index (χ1v) is 10.6. The lowest BCUT2D eigenvalue weighted by atomic mass is 9.92. The number of ether oxygens (including phenoxy) is 1. The fourth-order valence-corrected chi connectivity index (χ4v) is 4.11. The zero-order valence-corrected chi connectivity index (χ0v) is 18.1. The highest BCUT2D eigenvalue weighted by atomic mass is 19.4. The molecule has 3 amide bonds. The van der Waals surface area contributed by atoms with Gasteiger partial charge in [0.2, 0.25) is 23.7 Å². The molecule has 5 N–H and O–H groups in total. The molecule has 35 heavy (non-hydrogen) atoms. The number of carbonyl (C=O) groups is 3. The van der Waals surface area contributed by atoms with Crippen molar-refractivity contribution in [3.63, 3.8) is 0 Å². The first-order valence-electron chi connectivity index (χ1n) is 10.6. The second-order valence-electron chi connectivity index (χ2n) is 8.19. The standard InChI is InChI=1S/C21H21F3N6O5/c22-21(23,24)35-12-3-1-2-11(8-12)26-18(33)13-9-14(31)27-17-15(13)19(34)29-20(28-17)30-6-4-10(5-7-30)16(25)32/h1-3,8,10,13H,4-7,9H2,(H2,25,32)(H,26,33)(H2,27,28,29,31,34)/t13-/m0/s1. The second-order valence-corrected chi connectivity index (χ2v) is 8.19. The van der Waals surface area contributed by atoms with Crippen molar-refractivity contribution >= 4 is 35.2 Å². The maximum absolute atomic E-state index is 12.9. The van der Waals surface area contributed by atoms with E-state index in [0.717, 1.165) is 12.1 Å². The van der Waals surface area contributed by atoms with Gasteiger partial charge in [-0.2, -0.15) is 4.98 Å². The predicted molar refractivity (Wildman–Crippen MR) is 117 cm³/mol. The number of anilines is 3. The van der Waals surface area contributed by atoms with Crippen LogP contribution in [-0.2, 0) is 14.4 Å². The minimum atomic E-state index is -4.91. The minimum Gasteiger partial charge on any atom is -0.406 e. The number of H-pyrrole nitrogens is 1. The number of rotatable bonds is 5. The summed E-state index contributed by atoms with van der Waals surface area (Å²) >= 11 is 0. The number of nitrogens with one attached hydrogen (secondary N) is 3. The molecule has 186 valence electrons. The Balaban J connectivity index is 1.55. The van der Waals surface area contributed by atoms with E-state index in [1.165, 1.54) is 12.1 Å². The van der Waals surface area contributed by atoms with Crippen molar-refractivity contribution in [3.8, 4) is 5.75 Å². The van der Waals surface area contributed by atoms with Crippen LogP contribution in [0.15, 0.2) is 29.1 Å². The molecule has 0 radical (unpaired) electrons. The molecule has 2 aliphatic rings. The van der Waals surface area contributed by atoms with Crippen LogP contribution in [0.4, 0.5) is 30.6 Å². The molecule has 1 saturated heterocycles. The molecular formula is C21H21F3N6O5. The largest absolute Gasteiger partial charge is 0.573 e. The van der Waals surface area contributed by atoms with Crippen LogP contribution in [0.2, 0.25) is 0 Å². The lowest BCUT2D eigenvalue weighted by Crippen LogP contribution is -2.41. The average Bonchev–Trinajstić information content (AvgIpc) is 2.77. The van der Waals surface area contributed by atoms with Gasteiger partial charge in [-0.25, -0.2) is 0 Å². The highest BCUT2D eigenvalue weighted by Crippen LogP contribution is 2.32. The summed E-state index contributed by atoms with van der Waals surface area (Å²) in [6, 6.07) is 4.62. The molecule has 1 aromatic carbocycles. The van der Waals surface area contributed by atoms with Crippen molar-refractivity contribution in [2.45, 2.75) is 31.5 Å². The highest BCUT2D eigenvalue weighted by Gasteiger charge is 2.36. The van der Waals surface area contributed by atoms with Gasteiger partial charge in [-0.05, 0) is 25.0 Å². The number of halogens is 3. The van der Waals surface area contributed by atoms with E-state index < -0.39 is 41.3 Å². The van der Waals surface area contributed by atoms with E-state index in [2.05, 4.69) is 25.3 Å². The van der Waals surface area contributed by atoms with Crippen LogP contribution in [-0.4, -0.2) is 47.1 Å². The maximum Gasteiger partial charge on any atom is 0.573 e. The fourth-order valence-electron chi connectivity index (χ4n) is 4.11. The average molecular weight is 494 g/mol. The van der Waals surface area contributed by atoms with Crippen LogP contribution in [0.25, 0.3) is 0 Å². The minimum absolute atomic E-state index is 0.0115. The molecule has 2 aromatic rings. The van der Waals surface area contributed by atoms with E-state index in [1.54, 1.807) is 4.90 Å². The summed E-state index contributed by atoms with van der Waals surface area (Å²) in [4.78, 5) is 58.1. The molecule has 1 aromatic heterocycles. The number of alkyl halides is 3. The summed E-state index contributed by atoms with van der Waals surface area (Å²) in [6.45, 7) is 0.813. The molecule has 0 unspecified atom stereocenters. The number of primary amides is 1. The van der Waals surface area contributed by atoms with Gasteiger partial charge in [0.15, 0.2) is 0 Å². The normalized spacial score (nSPS) is 18.4. The number of nitrogens with two attached hydrogens (primary N) is 1. The molecule has 0 bridgehead atoms. The van der Waals surface area contributed by atoms with Crippen molar-refractivity contribution in [3.05, 3.63) is 40.2 Å². The number of carbonyl (C=O) groups excluding carboxylic acids is 3. The zero-order chi connectivity index (χ0) is 25.3. The third-order valence-electron chi connectivity index (χ3n) is 5.79. The van der Waals surface area contributed by atoms with Crippen molar-refractivity contribution in [2.24, 2.45) is 11.7 Å². The molecule has 0 aliphatic carbocycles. The molecule has 3 heterocycles. The fraction of sp³-hybridized carbons (Fsp3) is 0.381. The number of aromatic amines is 1. The van der Waals surface area contributed by atoms with Gasteiger partial charge in [0.1, 0.15) is 11.6 Å². The first kappa shape index (κ1) is 24.0. The summed E-state index contributed by atoms with van der Waals surface area (Å²) in [5.74, 6) is -3.66. The van der Waals surface area contributed by atoms with E-state index in [4.69, 9.17) is 5.73 Å². The smallest absolute Gasteiger partial charge is 0.406 e. The molecule has 4 rings (SSSR count). The molecule has 2 aliphatic heterocycles. The van der Waals surface area contributed by atoms with Gasteiger partial charge < -0.3 is 26.0 Å². The molecule has 14 heteroatoms. The Labute approximate surface area is 195 Å². The van der Waals surface area contributed by atoms with Crippen LogP contribution >= 0.6 is 0 Å². The number of aromatic nitrogens is 2. The summed E-state index contributed by atoms with van der Waals surface area (Å²) < 4.78 is 41.3. The van der Waals surface area contributed by atoms with Crippen molar-refractivity contribution in [1.82, 2.24) is 9.97 Å². The summed E-state index contributed by atoms with van der Waals surface area (Å²) in [7, 11) is 0. The molecule has 1 fully saturated rings. The van der Waals surface area contributed by atoms with Crippen LogP contribution in [0, 0.1) is 5.92 Å². The van der Waals surface area contributed by atoms with Gasteiger partial charge in [0, 0.05) is 37.2 Å². The predicted octanol–water partition coefficient (Wildman–Crippen LogP) is 1.43. The molecule has 1 atom stereocenters. The highest BCUT2D eigenvalue weighted by molar-refractivity contribution is 6.04. The third-order valence-corrected chi connectivity index (χ3v) is 5.79. The molecular weight excluding hydrogens is 473 g/mol. The van der Waals surface area contributed by atoms with Crippen molar-refractivity contribution < 1.29 is 32.3 Å². The van der Waals surface area contributed by atoms with Gasteiger partial charge in [-0.15, -0.1) is 13.2 Å². The number of hydrogen-bond donors (Lipinski definition) is 4. The van der Waals surface area contributed by atoms with Gasteiger partial charge in [-0.1, -0.05) is 6.07 Å². The van der Waals surface area contributed by atoms with E-state index in [-0.39, 0.29) is 35.4 Å². The first-order chi connectivity index (χ1) is 16.5. The second kappa shape index (κ2) is 9.27. The zero-order valence-electron chi connectivity index (χ0n) is 18.1. The third kappa shape index (κ3) is 5.53. The number of hydrogen-bond acceptors (Lipinski definition) is 7. The number of benzene rings is 1. The van der Waals surface area contributed by atoms with Crippen LogP contribution in [0.5, 0.6) is 5.75 Å². The van der Waals surface area contributed by atoms with Crippen LogP contribution in [0.1, 0.15) is 30.7 Å². The van der Waals surface area contributed by atoms with Gasteiger partial charge in [0.05, 0.1) is 11.5 Å². The van der Waals surface area contributed by atoms with Crippen molar-refractivity contribution in [1.29, 1.82) is 0 Å². The lowest BCUT2D eigenvalue weighted by Gasteiger charge is -2.32. The summed E-state index contributed by atoms with van der Waals surface area (Å²) in [6.07, 6.45) is -4.31. The topological polar surface area (TPSA) is 160 Å². The maximum atomic E-state index is 12.9. The summed E-state index contributed by atoms with van der Waals surface area (Å²) in [5, 5.41) is 4.91. The SMILES string of the molecule is NC(=O)C1CCN(c2nc3c(c(=O)[nH]2)[C@@H](C(=O)Nc2cccc(OC(F)(F)F)c2)CC(=O)N3)CC1. The Morgan fingerprint density at radius 3 is 2.57 bits per heavy atom. The monoisotopic (exact) mass is 494 g/mol. The molecule has 0 saturated carbocycles. The Kier molecular flexibility index (Phi) is 6.37. The molecule has 0 spiro atoms. The van der Waals surface area contributed by atoms with Crippen LogP contribution < -0.4 is 31.6 Å². The van der Waals surface area contributed by atoms with E-state index in [9.17, 15) is 32.3 Å². The van der Waals surface area contributed by atoms with Gasteiger partial charge in [-0.3, -0.25) is 24.2 Å². The Bertz CT molecular complexity index is 1220. The molecule has 11 nitrogen and oxygen atoms in total. The number of fused-ring (bicyclic) bond motifs is 1. The number of piperidine rings is 1. The Morgan fingerprint density at radius 1 is 1.20 bits per heavy atom. The van der Waals surface area contributed by atoms with E-state index in [0.29, 0.717) is 25.9 Å². The quantitative estimate of drug-likeness (QED) is 0.489. The van der Waals surface area contributed by atoms with Crippen LogP contribution in [0.3, 0.4) is 0 Å². The summed E-state index contributed by atoms with van der Waals surface area (Å²) in [5.41, 5.74) is 4.62. The van der Waals surface area contributed by atoms with E-state index >= 15 is 0 Å². The lowest BCUT2D eigenvalue weighted by molar-refractivity contribution is -0.274. The van der Waals surface area contributed by atoms with Crippen molar-refractivity contribution in [2.75, 3.05) is 28.6 Å².